The molecule has 7 nitrogen and oxygen atoms in total. The number of aromatic nitrogens is 3. The van der Waals surface area contributed by atoms with Gasteiger partial charge in [0.15, 0.2) is 23.3 Å². The Labute approximate surface area is 187 Å². The van der Waals surface area contributed by atoms with Gasteiger partial charge in [0.2, 0.25) is 11.8 Å². The molecule has 4 aromatic rings. The average Bonchev–Trinajstić information content (AvgIpc) is 3.24. The molecule has 172 valence electrons. The van der Waals surface area contributed by atoms with Crippen molar-refractivity contribution in [3.05, 3.63) is 101 Å². The van der Waals surface area contributed by atoms with E-state index in [1.807, 2.05) is 5.32 Å². The van der Waals surface area contributed by atoms with Crippen molar-refractivity contribution in [3.8, 4) is 5.69 Å². The summed E-state index contributed by atoms with van der Waals surface area (Å²) in [5.74, 6) is -14.6. The minimum absolute atomic E-state index is 0.187. The van der Waals surface area contributed by atoms with E-state index in [0.717, 1.165) is 4.68 Å². The second-order valence-electron chi connectivity index (χ2n) is 6.73. The summed E-state index contributed by atoms with van der Waals surface area (Å²) in [5, 5.41) is 8.34. The molecule has 2 amide bonds. The number of carbonyl (C=O) groups excluding carboxylic acids is 2. The largest absolute Gasteiger partial charge is 0.290 e. The van der Waals surface area contributed by atoms with E-state index >= 15 is 0 Å². The van der Waals surface area contributed by atoms with E-state index in [9.17, 15) is 31.5 Å². The number of nitrogens with zero attached hydrogens (tertiary/aromatic N) is 3. The SMILES string of the molecule is O=C(Nc1nc(NC(=O)c2c(F)c(F)c(F)c(F)c2F)nn1-c1ccccc1)c1ccccc1. The van der Waals surface area contributed by atoms with Gasteiger partial charge in [0.1, 0.15) is 5.56 Å². The Morgan fingerprint density at radius 1 is 0.676 bits per heavy atom. The summed E-state index contributed by atoms with van der Waals surface area (Å²) in [7, 11) is 0. The van der Waals surface area contributed by atoms with Crippen molar-refractivity contribution in [2.75, 3.05) is 10.6 Å². The van der Waals surface area contributed by atoms with E-state index in [1.54, 1.807) is 48.5 Å². The van der Waals surface area contributed by atoms with Crippen LogP contribution < -0.4 is 10.6 Å². The van der Waals surface area contributed by atoms with E-state index in [1.165, 1.54) is 12.1 Å². The van der Waals surface area contributed by atoms with Crippen molar-refractivity contribution in [1.29, 1.82) is 0 Å². The van der Waals surface area contributed by atoms with Crippen LogP contribution in [0.4, 0.5) is 33.8 Å². The maximum atomic E-state index is 14.0. The van der Waals surface area contributed by atoms with Crippen molar-refractivity contribution >= 4 is 23.7 Å². The van der Waals surface area contributed by atoms with Crippen LogP contribution >= 0.6 is 0 Å². The Balaban J connectivity index is 1.70. The fourth-order valence-corrected chi connectivity index (χ4v) is 2.93. The van der Waals surface area contributed by atoms with Crippen LogP contribution in [-0.2, 0) is 0 Å². The first-order valence-corrected chi connectivity index (χ1v) is 9.49. The molecule has 12 heteroatoms. The van der Waals surface area contributed by atoms with E-state index in [-0.39, 0.29) is 11.5 Å². The molecule has 1 heterocycles. The van der Waals surface area contributed by atoms with Crippen molar-refractivity contribution in [3.63, 3.8) is 0 Å². The normalized spacial score (nSPS) is 10.7. The maximum Gasteiger partial charge on any atom is 0.264 e. The van der Waals surface area contributed by atoms with Crippen LogP contribution in [0.2, 0.25) is 0 Å². The molecule has 3 aromatic carbocycles. The minimum atomic E-state index is -2.40. The fraction of sp³-hybridized carbons (Fsp3) is 0. The first-order valence-electron chi connectivity index (χ1n) is 9.49. The second-order valence-corrected chi connectivity index (χ2v) is 6.73. The highest BCUT2D eigenvalue weighted by molar-refractivity contribution is 6.05. The van der Waals surface area contributed by atoms with Gasteiger partial charge in [-0.2, -0.15) is 9.67 Å². The summed E-state index contributed by atoms with van der Waals surface area (Å²) in [4.78, 5) is 28.8. The molecule has 0 aliphatic heterocycles. The molecule has 0 bridgehead atoms. The zero-order chi connectivity index (χ0) is 24.4. The van der Waals surface area contributed by atoms with Gasteiger partial charge in [-0.25, -0.2) is 22.0 Å². The number of rotatable bonds is 5. The molecule has 0 saturated heterocycles. The van der Waals surface area contributed by atoms with Gasteiger partial charge in [0.05, 0.1) is 5.69 Å². The maximum absolute atomic E-state index is 14.0. The molecular weight excluding hydrogens is 461 g/mol. The van der Waals surface area contributed by atoms with Crippen LogP contribution in [0, 0.1) is 29.1 Å². The Morgan fingerprint density at radius 2 is 1.21 bits per heavy atom. The van der Waals surface area contributed by atoms with Gasteiger partial charge in [0.25, 0.3) is 17.8 Å². The molecule has 4 rings (SSSR count). The number of nitrogens with one attached hydrogen (secondary N) is 2. The molecular formula is C22H12F5N5O2. The number of para-hydroxylation sites is 1. The molecule has 0 saturated carbocycles. The topological polar surface area (TPSA) is 88.9 Å². The van der Waals surface area contributed by atoms with Gasteiger partial charge in [0, 0.05) is 5.56 Å². The van der Waals surface area contributed by atoms with E-state index < -0.39 is 52.4 Å². The van der Waals surface area contributed by atoms with Gasteiger partial charge in [-0.3, -0.25) is 20.2 Å². The van der Waals surface area contributed by atoms with Crippen LogP contribution in [0.15, 0.2) is 60.7 Å². The van der Waals surface area contributed by atoms with Gasteiger partial charge < -0.3 is 0 Å². The highest BCUT2D eigenvalue weighted by Gasteiger charge is 2.30. The van der Waals surface area contributed by atoms with Gasteiger partial charge in [-0.1, -0.05) is 36.4 Å². The first-order chi connectivity index (χ1) is 16.3. The number of amides is 2. The summed E-state index contributed by atoms with van der Waals surface area (Å²) in [5.41, 5.74) is -1.05. The number of hydrogen-bond acceptors (Lipinski definition) is 4. The van der Waals surface area contributed by atoms with Crippen LogP contribution in [0.25, 0.3) is 5.69 Å². The standard InChI is InChI=1S/C22H12F5N5O2/c23-14-13(15(24)17(26)18(27)16(14)25)20(34)28-21-30-22(29-19(33)11-7-3-1-4-8-11)32(31-21)12-9-5-2-6-10-12/h1-10H,(H2,28,29,30,31,33,34). The highest BCUT2D eigenvalue weighted by atomic mass is 19.2. The van der Waals surface area contributed by atoms with E-state index in [4.69, 9.17) is 0 Å². The Bertz CT molecular complexity index is 1370. The number of hydrogen-bond donors (Lipinski definition) is 2. The van der Waals surface area contributed by atoms with E-state index in [2.05, 4.69) is 15.4 Å². The third kappa shape index (κ3) is 4.20. The molecule has 0 spiro atoms. The lowest BCUT2D eigenvalue weighted by atomic mass is 10.1. The molecule has 34 heavy (non-hydrogen) atoms. The number of halogens is 5. The van der Waals surface area contributed by atoms with Crippen LogP contribution in [0.1, 0.15) is 20.7 Å². The lowest BCUT2D eigenvalue weighted by Crippen LogP contribution is -2.20. The predicted molar refractivity (Wildman–Crippen MR) is 110 cm³/mol. The van der Waals surface area contributed by atoms with E-state index in [0.29, 0.717) is 5.69 Å². The van der Waals surface area contributed by atoms with Crippen molar-refractivity contribution in [1.82, 2.24) is 14.8 Å². The van der Waals surface area contributed by atoms with Crippen molar-refractivity contribution in [2.45, 2.75) is 0 Å². The Morgan fingerprint density at radius 3 is 1.79 bits per heavy atom. The summed E-state index contributed by atoms with van der Waals surface area (Å²) < 4.78 is 69.3. The van der Waals surface area contributed by atoms with Gasteiger partial charge in [-0.15, -0.1) is 5.10 Å². The quantitative estimate of drug-likeness (QED) is 0.254. The zero-order valence-corrected chi connectivity index (χ0v) is 16.8. The number of anilines is 2. The molecule has 1 aromatic heterocycles. The van der Waals surface area contributed by atoms with Crippen molar-refractivity contribution < 1.29 is 31.5 Å². The molecule has 0 atom stereocenters. The van der Waals surface area contributed by atoms with Crippen LogP contribution in [0.3, 0.4) is 0 Å². The van der Waals surface area contributed by atoms with Gasteiger partial charge >= 0.3 is 0 Å². The Kier molecular flexibility index (Phi) is 6.04. The second kappa shape index (κ2) is 9.10. The third-order valence-corrected chi connectivity index (χ3v) is 4.53. The zero-order valence-electron chi connectivity index (χ0n) is 16.8. The lowest BCUT2D eigenvalue weighted by molar-refractivity contribution is 0.101. The molecule has 0 fully saturated rings. The summed E-state index contributed by atoms with van der Waals surface area (Å²) in [6, 6.07) is 16.2. The summed E-state index contributed by atoms with van der Waals surface area (Å²) >= 11 is 0. The number of benzene rings is 3. The predicted octanol–water partition coefficient (Wildman–Crippen LogP) is 4.47. The van der Waals surface area contributed by atoms with Crippen LogP contribution in [-0.4, -0.2) is 26.6 Å². The first kappa shape index (κ1) is 22.6. The molecule has 0 aliphatic carbocycles. The Hall–Kier alpha value is -4.61. The highest BCUT2D eigenvalue weighted by Crippen LogP contribution is 2.24. The molecule has 2 N–H and O–H groups in total. The summed E-state index contributed by atoms with van der Waals surface area (Å²) in [6.45, 7) is 0. The third-order valence-electron chi connectivity index (χ3n) is 4.53. The molecule has 0 radical (unpaired) electrons. The minimum Gasteiger partial charge on any atom is -0.290 e. The average molecular weight is 473 g/mol. The number of carbonyl (C=O) groups is 2. The summed E-state index contributed by atoms with van der Waals surface area (Å²) in [6.07, 6.45) is 0. The van der Waals surface area contributed by atoms with Crippen molar-refractivity contribution in [2.24, 2.45) is 0 Å². The molecule has 0 aliphatic rings. The smallest absolute Gasteiger partial charge is 0.264 e. The van der Waals surface area contributed by atoms with Crippen LogP contribution in [0.5, 0.6) is 0 Å². The molecule has 0 unspecified atom stereocenters. The monoisotopic (exact) mass is 473 g/mol. The lowest BCUT2D eigenvalue weighted by Gasteiger charge is -2.07. The fourth-order valence-electron chi connectivity index (χ4n) is 2.93. The van der Waals surface area contributed by atoms with Gasteiger partial charge in [-0.05, 0) is 24.3 Å².